The second kappa shape index (κ2) is 8.52. The summed E-state index contributed by atoms with van der Waals surface area (Å²) in [5.41, 5.74) is 1.40. The highest BCUT2D eigenvalue weighted by Crippen LogP contribution is 2.24. The van der Waals surface area contributed by atoms with Gasteiger partial charge in [0.05, 0.1) is 24.3 Å². The SMILES string of the molecule is COc1ccc(CNC(=O)c2c(Cl)cccc2NCCO)cc1F. The minimum Gasteiger partial charge on any atom is -0.494 e. The van der Waals surface area contributed by atoms with Gasteiger partial charge in [-0.15, -0.1) is 0 Å². The number of hydrogen-bond donors (Lipinski definition) is 3. The summed E-state index contributed by atoms with van der Waals surface area (Å²) in [7, 11) is 1.39. The molecule has 1 amide bonds. The third-order valence-corrected chi connectivity index (χ3v) is 3.65. The molecule has 0 aliphatic rings. The summed E-state index contributed by atoms with van der Waals surface area (Å²) < 4.78 is 18.5. The number of halogens is 2. The van der Waals surface area contributed by atoms with E-state index in [1.54, 1.807) is 24.3 Å². The molecule has 24 heavy (non-hydrogen) atoms. The first-order valence-electron chi connectivity index (χ1n) is 7.30. The lowest BCUT2D eigenvalue weighted by Crippen LogP contribution is -2.24. The van der Waals surface area contributed by atoms with Gasteiger partial charge in [0.2, 0.25) is 0 Å². The predicted molar refractivity (Wildman–Crippen MR) is 91.1 cm³/mol. The number of ether oxygens (including phenoxy) is 1. The summed E-state index contributed by atoms with van der Waals surface area (Å²) in [4.78, 5) is 12.4. The highest BCUT2D eigenvalue weighted by molar-refractivity contribution is 6.34. The summed E-state index contributed by atoms with van der Waals surface area (Å²) in [6.45, 7) is 0.368. The summed E-state index contributed by atoms with van der Waals surface area (Å²) in [5, 5.41) is 14.8. The first-order chi connectivity index (χ1) is 11.6. The van der Waals surface area contributed by atoms with Crippen molar-refractivity contribution in [2.45, 2.75) is 6.54 Å². The lowest BCUT2D eigenvalue weighted by molar-refractivity contribution is 0.0951. The molecule has 0 spiro atoms. The van der Waals surface area contributed by atoms with Crippen LogP contribution in [-0.4, -0.2) is 31.3 Å². The van der Waals surface area contributed by atoms with E-state index in [0.717, 1.165) is 0 Å². The van der Waals surface area contributed by atoms with Crippen molar-refractivity contribution in [3.8, 4) is 5.75 Å². The van der Waals surface area contributed by atoms with Crippen LogP contribution < -0.4 is 15.4 Å². The van der Waals surface area contributed by atoms with Crippen LogP contribution in [0.3, 0.4) is 0 Å². The van der Waals surface area contributed by atoms with E-state index in [9.17, 15) is 9.18 Å². The van der Waals surface area contributed by atoms with E-state index in [2.05, 4.69) is 10.6 Å². The van der Waals surface area contributed by atoms with Gasteiger partial charge in [0, 0.05) is 18.8 Å². The molecule has 128 valence electrons. The molecule has 2 rings (SSSR count). The van der Waals surface area contributed by atoms with Crippen LogP contribution in [0.2, 0.25) is 5.02 Å². The molecule has 0 aliphatic heterocycles. The van der Waals surface area contributed by atoms with Crippen LogP contribution in [0.5, 0.6) is 5.75 Å². The van der Waals surface area contributed by atoms with Crippen LogP contribution >= 0.6 is 11.6 Å². The molecule has 5 nitrogen and oxygen atoms in total. The Labute approximate surface area is 144 Å². The quantitative estimate of drug-likeness (QED) is 0.716. The van der Waals surface area contributed by atoms with Gasteiger partial charge < -0.3 is 20.5 Å². The molecule has 0 unspecified atom stereocenters. The molecule has 0 aromatic heterocycles. The van der Waals surface area contributed by atoms with Gasteiger partial charge in [-0.25, -0.2) is 4.39 Å². The third-order valence-electron chi connectivity index (χ3n) is 3.34. The normalized spacial score (nSPS) is 10.3. The van der Waals surface area contributed by atoms with E-state index in [0.29, 0.717) is 17.8 Å². The Balaban J connectivity index is 2.11. The minimum absolute atomic E-state index is 0.0707. The number of nitrogens with one attached hydrogen (secondary N) is 2. The lowest BCUT2D eigenvalue weighted by atomic mass is 10.1. The molecule has 0 bridgehead atoms. The molecular weight excluding hydrogens is 335 g/mol. The summed E-state index contributed by atoms with van der Waals surface area (Å²) in [6.07, 6.45) is 0. The summed E-state index contributed by atoms with van der Waals surface area (Å²) >= 11 is 6.11. The summed E-state index contributed by atoms with van der Waals surface area (Å²) in [5.74, 6) is -0.740. The van der Waals surface area contributed by atoms with Crippen LogP contribution in [0.1, 0.15) is 15.9 Å². The molecular formula is C17H18ClFN2O3. The van der Waals surface area contributed by atoms with Crippen molar-refractivity contribution < 1.29 is 19.0 Å². The van der Waals surface area contributed by atoms with E-state index in [1.807, 2.05) is 0 Å². The smallest absolute Gasteiger partial charge is 0.255 e. The van der Waals surface area contributed by atoms with E-state index >= 15 is 0 Å². The van der Waals surface area contributed by atoms with E-state index < -0.39 is 11.7 Å². The van der Waals surface area contributed by atoms with Crippen molar-refractivity contribution >= 4 is 23.2 Å². The standard InChI is InChI=1S/C17H18ClFN2O3/c1-24-15-6-5-11(9-13(15)19)10-21-17(23)16-12(18)3-2-4-14(16)20-7-8-22/h2-6,9,20,22H,7-8,10H2,1H3,(H,21,23). The van der Waals surface area contributed by atoms with Crippen molar-refractivity contribution in [3.05, 3.63) is 58.4 Å². The molecule has 0 heterocycles. The first kappa shape index (κ1) is 18.0. The van der Waals surface area contributed by atoms with E-state index in [-0.39, 0.29) is 29.5 Å². The molecule has 0 radical (unpaired) electrons. The average molecular weight is 353 g/mol. The number of methoxy groups -OCH3 is 1. The number of aliphatic hydroxyl groups excluding tert-OH is 1. The lowest BCUT2D eigenvalue weighted by Gasteiger charge is -2.13. The van der Waals surface area contributed by atoms with Crippen LogP contribution in [-0.2, 0) is 6.54 Å². The Bertz CT molecular complexity index is 725. The number of hydrogen-bond acceptors (Lipinski definition) is 4. The number of carbonyl (C=O) groups is 1. The second-order valence-corrected chi connectivity index (χ2v) is 5.37. The van der Waals surface area contributed by atoms with E-state index in [4.69, 9.17) is 21.4 Å². The zero-order chi connectivity index (χ0) is 17.5. The Kier molecular flexibility index (Phi) is 6.40. The maximum atomic E-state index is 13.7. The van der Waals surface area contributed by atoms with Gasteiger partial charge in [-0.2, -0.15) is 0 Å². The van der Waals surface area contributed by atoms with Crippen LogP contribution in [0.4, 0.5) is 10.1 Å². The molecule has 7 heteroatoms. The molecule has 0 saturated carbocycles. The van der Waals surface area contributed by atoms with Crippen LogP contribution in [0, 0.1) is 5.82 Å². The second-order valence-electron chi connectivity index (χ2n) is 4.96. The number of anilines is 1. The molecule has 0 saturated heterocycles. The third kappa shape index (κ3) is 4.37. The van der Waals surface area contributed by atoms with Gasteiger partial charge in [0.15, 0.2) is 11.6 Å². The molecule has 0 fully saturated rings. The fourth-order valence-electron chi connectivity index (χ4n) is 2.18. The fraction of sp³-hybridized carbons (Fsp3) is 0.235. The number of amides is 1. The molecule has 2 aromatic rings. The van der Waals surface area contributed by atoms with Gasteiger partial charge >= 0.3 is 0 Å². The number of aliphatic hydroxyl groups is 1. The van der Waals surface area contributed by atoms with Crippen LogP contribution in [0.15, 0.2) is 36.4 Å². The van der Waals surface area contributed by atoms with Crippen molar-refractivity contribution in [2.75, 3.05) is 25.6 Å². The highest BCUT2D eigenvalue weighted by atomic mass is 35.5. The summed E-state index contributed by atoms with van der Waals surface area (Å²) in [6, 6.07) is 9.48. The molecule has 0 aliphatic carbocycles. The van der Waals surface area contributed by atoms with Crippen molar-refractivity contribution in [1.29, 1.82) is 0 Å². The Hall–Kier alpha value is -2.31. The molecule has 3 N–H and O–H groups in total. The maximum Gasteiger partial charge on any atom is 0.255 e. The number of carbonyl (C=O) groups excluding carboxylic acids is 1. The van der Waals surface area contributed by atoms with Crippen molar-refractivity contribution in [3.63, 3.8) is 0 Å². The Morgan fingerprint density at radius 1 is 1.33 bits per heavy atom. The van der Waals surface area contributed by atoms with Crippen LogP contribution in [0.25, 0.3) is 0 Å². The van der Waals surface area contributed by atoms with Gasteiger partial charge in [-0.3, -0.25) is 4.79 Å². The van der Waals surface area contributed by atoms with Crippen molar-refractivity contribution in [2.24, 2.45) is 0 Å². The number of rotatable bonds is 7. The van der Waals surface area contributed by atoms with Gasteiger partial charge in [-0.1, -0.05) is 23.7 Å². The number of benzene rings is 2. The highest BCUT2D eigenvalue weighted by Gasteiger charge is 2.15. The average Bonchev–Trinajstić information content (AvgIpc) is 2.58. The topological polar surface area (TPSA) is 70.6 Å². The maximum absolute atomic E-state index is 13.7. The molecule has 0 atom stereocenters. The first-order valence-corrected chi connectivity index (χ1v) is 7.68. The van der Waals surface area contributed by atoms with Gasteiger partial charge in [-0.05, 0) is 29.8 Å². The monoisotopic (exact) mass is 352 g/mol. The minimum atomic E-state index is -0.493. The van der Waals surface area contributed by atoms with E-state index in [1.165, 1.54) is 19.2 Å². The van der Waals surface area contributed by atoms with Gasteiger partial charge in [0.1, 0.15) is 0 Å². The Morgan fingerprint density at radius 2 is 2.12 bits per heavy atom. The van der Waals surface area contributed by atoms with Gasteiger partial charge in [0.25, 0.3) is 5.91 Å². The fourth-order valence-corrected chi connectivity index (χ4v) is 2.44. The van der Waals surface area contributed by atoms with Crippen molar-refractivity contribution in [1.82, 2.24) is 5.32 Å². The largest absolute Gasteiger partial charge is 0.494 e. The Morgan fingerprint density at radius 3 is 2.79 bits per heavy atom. The molecule has 2 aromatic carbocycles. The zero-order valence-electron chi connectivity index (χ0n) is 13.1. The zero-order valence-corrected chi connectivity index (χ0v) is 13.9. The predicted octanol–water partition coefficient (Wildman–Crippen LogP) is 2.82.